The first-order valence-corrected chi connectivity index (χ1v) is 6.24. The highest BCUT2D eigenvalue weighted by atomic mass is 19.1. The molecule has 0 bridgehead atoms. The predicted molar refractivity (Wildman–Crippen MR) is 65.7 cm³/mol. The van der Waals surface area contributed by atoms with Crippen LogP contribution < -0.4 is 0 Å². The molecule has 0 aliphatic carbocycles. The molecule has 0 spiro atoms. The first-order valence-electron chi connectivity index (χ1n) is 6.24. The number of carbonyl (C=O) groups excluding carboxylic acids is 2. The number of rotatable bonds is 3. The number of hydrogen-bond donors (Lipinski definition) is 0. The van der Waals surface area contributed by atoms with Crippen LogP contribution in [0.15, 0.2) is 18.2 Å². The van der Waals surface area contributed by atoms with Gasteiger partial charge in [-0.05, 0) is 31.9 Å². The van der Waals surface area contributed by atoms with E-state index in [4.69, 9.17) is 0 Å². The van der Waals surface area contributed by atoms with Crippen LogP contribution in [0.25, 0.3) is 0 Å². The van der Waals surface area contributed by atoms with Crippen molar-refractivity contribution in [2.24, 2.45) is 0 Å². The van der Waals surface area contributed by atoms with Gasteiger partial charge in [0.2, 0.25) is 0 Å². The summed E-state index contributed by atoms with van der Waals surface area (Å²) in [5, 5.41) is 0. The molecule has 0 aromatic heterocycles. The maximum Gasteiger partial charge on any atom is 0.254 e. The number of nitrogens with zero attached hydrogens (tertiary/aromatic N) is 1. The number of carbonyl (C=O) groups is 2. The van der Waals surface area contributed by atoms with Crippen molar-refractivity contribution in [3.63, 3.8) is 0 Å². The zero-order valence-corrected chi connectivity index (χ0v) is 10.7. The molecule has 3 nitrogen and oxygen atoms in total. The highest BCUT2D eigenvalue weighted by molar-refractivity contribution is 5.95. The van der Waals surface area contributed by atoms with Crippen LogP contribution >= 0.6 is 0 Å². The highest BCUT2D eigenvalue weighted by Crippen LogP contribution is 2.23. The molecule has 19 heavy (non-hydrogen) atoms. The number of Topliss-reactive ketones (excluding diaryl/α,β-unsaturated/α-hetero) is 1. The van der Waals surface area contributed by atoms with Crippen molar-refractivity contribution in [3.05, 3.63) is 35.4 Å². The van der Waals surface area contributed by atoms with E-state index in [-0.39, 0.29) is 17.4 Å². The van der Waals surface area contributed by atoms with Gasteiger partial charge in [0.25, 0.3) is 5.91 Å². The predicted octanol–water partition coefficient (Wildman–Crippen LogP) is 2.55. The van der Waals surface area contributed by atoms with E-state index in [9.17, 15) is 18.4 Å². The summed E-state index contributed by atoms with van der Waals surface area (Å²) >= 11 is 0. The Morgan fingerprint density at radius 3 is 2.47 bits per heavy atom. The Labute approximate surface area is 110 Å². The lowest BCUT2D eigenvalue weighted by molar-refractivity contribution is -0.117. The fraction of sp³-hybridized carbons (Fsp3) is 0.429. The molecule has 0 radical (unpaired) electrons. The molecule has 1 saturated heterocycles. The lowest BCUT2D eigenvalue weighted by Gasteiger charge is -2.24. The van der Waals surface area contributed by atoms with Crippen LogP contribution in [0.2, 0.25) is 0 Å². The van der Waals surface area contributed by atoms with E-state index in [2.05, 4.69) is 0 Å². The first kappa shape index (κ1) is 13.6. The maximum atomic E-state index is 13.1. The van der Waals surface area contributed by atoms with E-state index in [1.165, 1.54) is 11.8 Å². The lowest BCUT2D eigenvalue weighted by atomic mass is 10.1. The number of hydrogen-bond acceptors (Lipinski definition) is 2. The minimum absolute atomic E-state index is 0.00653. The van der Waals surface area contributed by atoms with Crippen molar-refractivity contribution in [2.75, 3.05) is 6.54 Å². The molecule has 1 heterocycles. The van der Waals surface area contributed by atoms with Crippen molar-refractivity contribution in [1.82, 2.24) is 4.90 Å². The number of likely N-dealkylation sites (tertiary alicyclic amines) is 1. The van der Waals surface area contributed by atoms with Gasteiger partial charge in [-0.3, -0.25) is 9.59 Å². The zero-order valence-electron chi connectivity index (χ0n) is 10.7. The van der Waals surface area contributed by atoms with Crippen molar-refractivity contribution in [1.29, 1.82) is 0 Å². The Bertz CT molecular complexity index is 496. The molecular formula is C14H15F2NO2. The van der Waals surface area contributed by atoms with Crippen LogP contribution in [0.5, 0.6) is 0 Å². The van der Waals surface area contributed by atoms with E-state index in [1.54, 1.807) is 0 Å². The van der Waals surface area contributed by atoms with Crippen LogP contribution in [0.1, 0.15) is 36.5 Å². The van der Waals surface area contributed by atoms with Crippen LogP contribution in [0.3, 0.4) is 0 Å². The number of ketones is 1. The summed E-state index contributed by atoms with van der Waals surface area (Å²) in [6.07, 6.45) is 1.86. The average Bonchev–Trinajstić information content (AvgIpc) is 2.73. The molecule has 1 atom stereocenters. The molecule has 2 rings (SSSR count). The van der Waals surface area contributed by atoms with Crippen molar-refractivity contribution in [2.45, 2.75) is 32.2 Å². The fourth-order valence-electron chi connectivity index (χ4n) is 2.49. The third kappa shape index (κ3) is 3.16. The van der Waals surface area contributed by atoms with Gasteiger partial charge in [-0.15, -0.1) is 0 Å². The summed E-state index contributed by atoms with van der Waals surface area (Å²) in [4.78, 5) is 24.9. The van der Waals surface area contributed by atoms with E-state index in [1.807, 2.05) is 0 Å². The summed E-state index contributed by atoms with van der Waals surface area (Å²) in [5.41, 5.74) is -0.00653. The van der Waals surface area contributed by atoms with Gasteiger partial charge in [0.15, 0.2) is 0 Å². The molecule has 1 aliphatic heterocycles. The lowest BCUT2D eigenvalue weighted by Crippen LogP contribution is -2.36. The van der Waals surface area contributed by atoms with E-state index in [0.29, 0.717) is 13.0 Å². The third-order valence-electron chi connectivity index (χ3n) is 3.27. The first-order chi connectivity index (χ1) is 8.97. The molecule has 1 aromatic carbocycles. The largest absolute Gasteiger partial charge is 0.335 e. The average molecular weight is 267 g/mol. The normalized spacial score (nSPS) is 18.7. The van der Waals surface area contributed by atoms with Gasteiger partial charge in [0.05, 0.1) is 0 Å². The summed E-state index contributed by atoms with van der Waals surface area (Å²) < 4.78 is 26.2. The fourth-order valence-corrected chi connectivity index (χ4v) is 2.49. The van der Waals surface area contributed by atoms with Crippen molar-refractivity contribution in [3.8, 4) is 0 Å². The molecule has 0 saturated carbocycles. The van der Waals surface area contributed by atoms with Gasteiger partial charge in [-0.1, -0.05) is 0 Å². The topological polar surface area (TPSA) is 37.4 Å². The molecule has 1 unspecified atom stereocenters. The molecule has 1 fully saturated rings. The summed E-state index contributed by atoms with van der Waals surface area (Å²) in [5.74, 6) is -1.95. The smallest absolute Gasteiger partial charge is 0.254 e. The van der Waals surface area contributed by atoms with Crippen LogP contribution in [-0.4, -0.2) is 29.2 Å². The second kappa shape index (κ2) is 5.47. The Balaban J connectivity index is 2.20. The van der Waals surface area contributed by atoms with E-state index < -0.39 is 17.5 Å². The number of benzene rings is 1. The molecule has 5 heteroatoms. The summed E-state index contributed by atoms with van der Waals surface area (Å²) in [7, 11) is 0. The third-order valence-corrected chi connectivity index (χ3v) is 3.27. The van der Waals surface area contributed by atoms with Crippen LogP contribution in [0.4, 0.5) is 8.78 Å². The molecular weight excluding hydrogens is 252 g/mol. The van der Waals surface area contributed by atoms with Gasteiger partial charge >= 0.3 is 0 Å². The van der Waals surface area contributed by atoms with Gasteiger partial charge in [-0.25, -0.2) is 8.78 Å². The van der Waals surface area contributed by atoms with Gasteiger partial charge in [0, 0.05) is 30.6 Å². The summed E-state index contributed by atoms with van der Waals surface area (Å²) in [6, 6.07) is 2.62. The quantitative estimate of drug-likeness (QED) is 0.844. The van der Waals surface area contributed by atoms with Crippen LogP contribution in [0, 0.1) is 11.6 Å². The molecule has 102 valence electrons. The second-order valence-electron chi connectivity index (χ2n) is 4.86. The molecule has 1 aliphatic rings. The Hall–Kier alpha value is -1.78. The van der Waals surface area contributed by atoms with Gasteiger partial charge in [0.1, 0.15) is 17.4 Å². The Morgan fingerprint density at radius 2 is 1.89 bits per heavy atom. The van der Waals surface area contributed by atoms with Gasteiger partial charge < -0.3 is 4.90 Å². The van der Waals surface area contributed by atoms with Crippen LogP contribution in [-0.2, 0) is 4.79 Å². The summed E-state index contributed by atoms with van der Waals surface area (Å²) in [6.45, 7) is 2.00. The minimum atomic E-state index is -0.773. The van der Waals surface area contributed by atoms with E-state index in [0.717, 1.165) is 31.0 Å². The number of halogens is 2. The molecule has 1 aromatic rings. The van der Waals surface area contributed by atoms with E-state index >= 15 is 0 Å². The number of amides is 1. The monoisotopic (exact) mass is 267 g/mol. The van der Waals surface area contributed by atoms with Crippen molar-refractivity contribution >= 4 is 11.7 Å². The highest BCUT2D eigenvalue weighted by Gasteiger charge is 2.30. The minimum Gasteiger partial charge on any atom is -0.335 e. The Morgan fingerprint density at radius 1 is 1.26 bits per heavy atom. The molecule has 1 amide bonds. The van der Waals surface area contributed by atoms with Crippen molar-refractivity contribution < 1.29 is 18.4 Å². The standard InChI is InChI=1S/C14H15F2NO2/c1-9(18)5-13-3-2-4-17(13)14(19)10-6-11(15)8-12(16)7-10/h6-8,13H,2-5H2,1H3. The van der Waals surface area contributed by atoms with Gasteiger partial charge in [-0.2, -0.15) is 0 Å². The zero-order chi connectivity index (χ0) is 14.0. The molecule has 0 N–H and O–H groups in total. The SMILES string of the molecule is CC(=O)CC1CCCN1C(=O)c1cc(F)cc(F)c1. The maximum absolute atomic E-state index is 13.1. The Kier molecular flexibility index (Phi) is 3.93. The second-order valence-corrected chi connectivity index (χ2v) is 4.86.